The lowest BCUT2D eigenvalue weighted by atomic mass is 9.87. The average Bonchev–Trinajstić information content (AvgIpc) is 2.39. The molecule has 132 valence electrons. The number of rotatable bonds is 8. The Balaban J connectivity index is 2.51. The Morgan fingerprint density at radius 2 is 1.22 bits per heavy atom. The first-order valence-corrected chi connectivity index (χ1v) is 9.66. The lowest BCUT2D eigenvalue weighted by Gasteiger charge is -2.19. The summed E-state index contributed by atoms with van der Waals surface area (Å²) in [6.45, 7) is 16.4. The predicted molar refractivity (Wildman–Crippen MR) is 105 cm³/mol. The molecule has 0 heterocycles. The molecule has 0 atom stereocenters. The third kappa shape index (κ3) is 9.18. The van der Waals surface area contributed by atoms with Gasteiger partial charge in [-0.1, -0.05) is 72.6 Å². The average molecular weight is 317 g/mol. The van der Waals surface area contributed by atoms with Gasteiger partial charge in [0, 0.05) is 0 Å². The Labute approximate surface area is 146 Å². The number of aryl methyl sites for hydroxylation is 2. The first kappa shape index (κ1) is 20.3. The van der Waals surface area contributed by atoms with Crippen LogP contribution in [0.15, 0.2) is 18.2 Å². The highest BCUT2D eigenvalue weighted by Crippen LogP contribution is 2.26. The number of hydrogen-bond donors (Lipinski definition) is 0. The Bertz CT molecular complexity index is 454. The van der Waals surface area contributed by atoms with Crippen LogP contribution in [0.4, 0.5) is 0 Å². The summed E-state index contributed by atoms with van der Waals surface area (Å²) in [5, 5.41) is 0. The van der Waals surface area contributed by atoms with Crippen molar-refractivity contribution in [2.45, 2.75) is 99.8 Å². The lowest BCUT2D eigenvalue weighted by molar-refractivity contribution is 0.359. The van der Waals surface area contributed by atoms with Crippen LogP contribution in [0.5, 0.6) is 0 Å². The molecule has 0 bridgehead atoms. The van der Waals surface area contributed by atoms with Crippen molar-refractivity contribution in [3.05, 3.63) is 34.9 Å². The second kappa shape index (κ2) is 8.90. The number of hydrogen-bond acceptors (Lipinski definition) is 0. The Morgan fingerprint density at radius 1 is 0.696 bits per heavy atom. The van der Waals surface area contributed by atoms with Crippen molar-refractivity contribution in [3.8, 4) is 0 Å². The van der Waals surface area contributed by atoms with Crippen molar-refractivity contribution in [2.24, 2.45) is 10.8 Å². The van der Waals surface area contributed by atoms with Crippen LogP contribution >= 0.6 is 0 Å². The van der Waals surface area contributed by atoms with Crippen molar-refractivity contribution >= 4 is 0 Å². The van der Waals surface area contributed by atoms with Crippen LogP contribution < -0.4 is 0 Å². The third-order valence-corrected chi connectivity index (χ3v) is 4.73. The fourth-order valence-corrected chi connectivity index (χ4v) is 3.28. The first-order chi connectivity index (χ1) is 10.6. The van der Waals surface area contributed by atoms with Crippen LogP contribution in [0.2, 0.25) is 0 Å². The zero-order chi connectivity index (χ0) is 17.5. The quantitative estimate of drug-likeness (QED) is 0.435. The molecule has 0 saturated carbocycles. The van der Waals surface area contributed by atoms with E-state index in [1.54, 1.807) is 11.1 Å². The molecule has 1 aromatic carbocycles. The maximum Gasteiger partial charge on any atom is -0.0274 e. The lowest BCUT2D eigenvalue weighted by Crippen LogP contribution is -2.06. The van der Waals surface area contributed by atoms with Crippen molar-refractivity contribution in [1.29, 1.82) is 0 Å². The molecular formula is C23H40. The van der Waals surface area contributed by atoms with E-state index in [0.29, 0.717) is 10.8 Å². The highest BCUT2D eigenvalue weighted by atomic mass is 14.2. The summed E-state index contributed by atoms with van der Waals surface area (Å²) in [5.41, 5.74) is 5.69. The maximum absolute atomic E-state index is 2.36. The molecule has 0 fully saturated rings. The largest absolute Gasteiger partial charge is 0.0617 e. The molecule has 0 unspecified atom stereocenters. The smallest absolute Gasteiger partial charge is 0.0274 e. The summed E-state index contributed by atoms with van der Waals surface area (Å²) < 4.78 is 0. The molecule has 0 nitrogen and oxygen atoms in total. The fraction of sp³-hybridized carbons (Fsp3) is 0.739. The second-order valence-electron chi connectivity index (χ2n) is 9.75. The van der Waals surface area contributed by atoms with Gasteiger partial charge in [0.15, 0.2) is 0 Å². The summed E-state index contributed by atoms with van der Waals surface area (Å²) in [7, 11) is 0. The predicted octanol–water partition coefficient (Wildman–Crippen LogP) is 7.51. The molecule has 0 spiro atoms. The van der Waals surface area contributed by atoms with Gasteiger partial charge in [0.25, 0.3) is 0 Å². The molecule has 0 N–H and O–H groups in total. The molecule has 0 heteroatoms. The molecule has 0 aliphatic rings. The minimum Gasteiger partial charge on any atom is -0.0617 e. The Hall–Kier alpha value is -0.780. The van der Waals surface area contributed by atoms with Crippen LogP contribution in [0.25, 0.3) is 0 Å². The highest BCUT2D eigenvalue weighted by Gasteiger charge is 2.12. The molecule has 1 aromatic rings. The second-order valence-corrected chi connectivity index (χ2v) is 9.75. The number of unbranched alkanes of at least 4 members (excludes halogenated alkanes) is 2. The van der Waals surface area contributed by atoms with Crippen molar-refractivity contribution < 1.29 is 0 Å². The van der Waals surface area contributed by atoms with E-state index in [-0.39, 0.29) is 0 Å². The summed E-state index contributed by atoms with van der Waals surface area (Å²) in [6.07, 6.45) is 10.5. The van der Waals surface area contributed by atoms with E-state index in [2.05, 4.69) is 66.7 Å². The minimum absolute atomic E-state index is 0.474. The van der Waals surface area contributed by atoms with Crippen LogP contribution in [0, 0.1) is 17.8 Å². The van der Waals surface area contributed by atoms with Crippen LogP contribution in [-0.2, 0) is 12.8 Å². The van der Waals surface area contributed by atoms with E-state index in [9.17, 15) is 0 Å². The molecule has 1 rings (SSSR count). The fourth-order valence-electron chi connectivity index (χ4n) is 3.28. The van der Waals surface area contributed by atoms with E-state index >= 15 is 0 Å². The van der Waals surface area contributed by atoms with Gasteiger partial charge in [-0.15, -0.1) is 0 Å². The van der Waals surface area contributed by atoms with Crippen LogP contribution in [-0.4, -0.2) is 0 Å². The van der Waals surface area contributed by atoms with E-state index in [1.807, 2.05) is 0 Å². The molecule has 0 amide bonds. The monoisotopic (exact) mass is 316 g/mol. The topological polar surface area (TPSA) is 0 Å². The van der Waals surface area contributed by atoms with Gasteiger partial charge in [-0.3, -0.25) is 0 Å². The SMILES string of the molecule is Cc1cccc(CCCCC(C)(C)C)c1CCCCC(C)(C)C. The van der Waals surface area contributed by atoms with Gasteiger partial charge in [-0.25, -0.2) is 0 Å². The molecule has 0 radical (unpaired) electrons. The zero-order valence-electron chi connectivity index (χ0n) is 16.9. The maximum atomic E-state index is 2.36. The van der Waals surface area contributed by atoms with Gasteiger partial charge in [0.2, 0.25) is 0 Å². The van der Waals surface area contributed by atoms with Gasteiger partial charge >= 0.3 is 0 Å². The van der Waals surface area contributed by atoms with Crippen LogP contribution in [0.3, 0.4) is 0 Å². The van der Waals surface area contributed by atoms with Crippen LogP contribution in [0.1, 0.15) is 96.8 Å². The minimum atomic E-state index is 0.474. The summed E-state index contributed by atoms with van der Waals surface area (Å²) >= 11 is 0. The third-order valence-electron chi connectivity index (χ3n) is 4.73. The normalized spacial score (nSPS) is 12.7. The summed E-state index contributed by atoms with van der Waals surface area (Å²) in [4.78, 5) is 0. The van der Waals surface area contributed by atoms with Gasteiger partial charge < -0.3 is 0 Å². The van der Waals surface area contributed by atoms with Gasteiger partial charge in [-0.2, -0.15) is 0 Å². The Kier molecular flexibility index (Phi) is 7.84. The van der Waals surface area contributed by atoms with Gasteiger partial charge in [0.1, 0.15) is 0 Å². The molecular weight excluding hydrogens is 276 g/mol. The van der Waals surface area contributed by atoms with E-state index in [0.717, 1.165) is 0 Å². The van der Waals surface area contributed by atoms with Gasteiger partial charge in [-0.05, 0) is 73.0 Å². The molecule has 23 heavy (non-hydrogen) atoms. The summed E-state index contributed by atoms with van der Waals surface area (Å²) in [6, 6.07) is 6.90. The molecule has 0 aromatic heterocycles. The molecule has 0 aliphatic heterocycles. The Morgan fingerprint density at radius 3 is 1.74 bits per heavy atom. The van der Waals surface area contributed by atoms with Crippen molar-refractivity contribution in [3.63, 3.8) is 0 Å². The van der Waals surface area contributed by atoms with Crippen molar-refractivity contribution in [2.75, 3.05) is 0 Å². The van der Waals surface area contributed by atoms with E-state index < -0.39 is 0 Å². The highest BCUT2D eigenvalue weighted by molar-refractivity contribution is 5.34. The molecule has 0 saturated heterocycles. The van der Waals surface area contributed by atoms with Gasteiger partial charge in [0.05, 0.1) is 0 Å². The molecule has 0 aliphatic carbocycles. The van der Waals surface area contributed by atoms with E-state index in [1.165, 1.54) is 56.9 Å². The van der Waals surface area contributed by atoms with E-state index in [4.69, 9.17) is 0 Å². The zero-order valence-corrected chi connectivity index (χ0v) is 16.9. The number of benzene rings is 1. The van der Waals surface area contributed by atoms with Crippen molar-refractivity contribution in [1.82, 2.24) is 0 Å². The first-order valence-electron chi connectivity index (χ1n) is 9.66. The standard InChI is InChI=1S/C23H40/c1-19-13-12-15-20(14-8-10-17-22(2,3)4)21(19)16-9-11-18-23(5,6)7/h12-13,15H,8-11,14,16-18H2,1-7H3. The summed E-state index contributed by atoms with van der Waals surface area (Å²) in [5.74, 6) is 0.